The highest BCUT2D eigenvalue weighted by Gasteiger charge is 2.40. The Kier molecular flexibility index (Phi) is 12.1. The summed E-state index contributed by atoms with van der Waals surface area (Å²) >= 11 is 7.11. The number of aromatic nitrogens is 3. The third kappa shape index (κ3) is 8.43. The first-order chi connectivity index (χ1) is 31.3. The van der Waals surface area contributed by atoms with E-state index in [0.717, 1.165) is 81.1 Å². The molecule has 3 aliphatic rings. The topological polar surface area (TPSA) is 131 Å². The van der Waals surface area contributed by atoms with Crippen LogP contribution in [0.15, 0.2) is 60.7 Å². The van der Waals surface area contributed by atoms with Crippen LogP contribution in [0.1, 0.15) is 57.8 Å². The van der Waals surface area contributed by atoms with Gasteiger partial charge in [0.1, 0.15) is 17.6 Å². The second-order valence-corrected chi connectivity index (χ2v) is 17.5. The van der Waals surface area contributed by atoms with Gasteiger partial charge in [-0.1, -0.05) is 29.8 Å². The summed E-state index contributed by atoms with van der Waals surface area (Å²) in [5.74, 6) is -2.19. The van der Waals surface area contributed by atoms with Crippen molar-refractivity contribution in [2.75, 3.05) is 45.9 Å². The summed E-state index contributed by atoms with van der Waals surface area (Å²) in [6.07, 6.45) is 1.82. The van der Waals surface area contributed by atoms with Crippen LogP contribution in [0.4, 0.5) is 8.78 Å². The molecule has 9 rings (SSSR count). The zero-order chi connectivity index (χ0) is 45.7. The molecule has 0 aliphatic carbocycles. The van der Waals surface area contributed by atoms with Crippen LogP contribution in [0.2, 0.25) is 5.02 Å². The average molecular weight is 906 g/mol. The number of halogens is 3. The van der Waals surface area contributed by atoms with Crippen LogP contribution in [0.3, 0.4) is 0 Å². The number of carbonyl (C=O) groups is 4. The number of aryl methyl sites for hydroxylation is 3. The van der Waals surface area contributed by atoms with Gasteiger partial charge in [0, 0.05) is 98.1 Å². The number of carbonyl (C=O) groups excluding carboxylic acids is 4. The van der Waals surface area contributed by atoms with Crippen molar-refractivity contribution in [3.63, 3.8) is 0 Å². The van der Waals surface area contributed by atoms with E-state index in [4.69, 9.17) is 26.2 Å². The van der Waals surface area contributed by atoms with Crippen LogP contribution < -0.4 is 14.8 Å². The second kappa shape index (κ2) is 17.9. The molecule has 65 heavy (non-hydrogen) atoms. The van der Waals surface area contributed by atoms with E-state index < -0.39 is 23.7 Å². The Labute approximate surface area is 379 Å². The molecule has 5 heterocycles. The Bertz CT molecular complexity index is 2900. The summed E-state index contributed by atoms with van der Waals surface area (Å²) in [5.41, 5.74) is 7.91. The van der Waals surface area contributed by atoms with Crippen molar-refractivity contribution in [3.05, 3.63) is 111 Å². The van der Waals surface area contributed by atoms with Crippen molar-refractivity contribution in [3.8, 4) is 22.6 Å². The number of amides is 4. The lowest BCUT2D eigenvalue weighted by molar-refractivity contribution is -0.137. The van der Waals surface area contributed by atoms with Gasteiger partial charge in [-0.15, -0.1) is 0 Å². The summed E-state index contributed by atoms with van der Waals surface area (Å²) in [6.45, 7) is 9.99. The minimum Gasteiger partial charge on any atom is -0.493 e. The van der Waals surface area contributed by atoms with Crippen LogP contribution >= 0.6 is 11.6 Å². The molecule has 1 N–H and O–H groups in total. The highest BCUT2D eigenvalue weighted by atomic mass is 35.5. The predicted molar refractivity (Wildman–Crippen MR) is 242 cm³/mol. The fourth-order valence-corrected chi connectivity index (χ4v) is 9.98. The van der Waals surface area contributed by atoms with E-state index in [2.05, 4.69) is 34.7 Å². The summed E-state index contributed by atoms with van der Waals surface area (Å²) in [6, 6.07) is 16.1. The Morgan fingerprint density at radius 3 is 2.43 bits per heavy atom. The van der Waals surface area contributed by atoms with Gasteiger partial charge in [0.2, 0.25) is 11.8 Å². The Hall–Kier alpha value is -6.32. The van der Waals surface area contributed by atoms with Crippen LogP contribution in [0.25, 0.3) is 32.8 Å². The first-order valence-corrected chi connectivity index (χ1v) is 22.4. The van der Waals surface area contributed by atoms with Crippen molar-refractivity contribution < 1.29 is 37.4 Å². The zero-order valence-electron chi connectivity index (χ0n) is 36.8. The van der Waals surface area contributed by atoms with Crippen LogP contribution in [0.5, 0.6) is 11.5 Å². The molecule has 4 amide bonds. The minimum absolute atomic E-state index is 0.0656. The van der Waals surface area contributed by atoms with E-state index >= 15 is 4.39 Å². The molecule has 6 aromatic rings. The molecule has 13 nitrogen and oxygen atoms in total. The molecule has 2 fully saturated rings. The highest BCUT2D eigenvalue weighted by molar-refractivity contribution is 6.35. The molecule has 0 bridgehead atoms. The summed E-state index contributed by atoms with van der Waals surface area (Å²) < 4.78 is 45.4. The van der Waals surface area contributed by atoms with E-state index in [9.17, 15) is 23.6 Å². The van der Waals surface area contributed by atoms with Crippen molar-refractivity contribution in [2.24, 2.45) is 7.05 Å². The molecule has 0 spiro atoms. The normalized spacial score (nSPS) is 16.8. The molecular weight excluding hydrogens is 856 g/mol. The third-order valence-electron chi connectivity index (χ3n) is 13.2. The number of hydrogen-bond donors (Lipinski definition) is 1. The van der Waals surface area contributed by atoms with E-state index in [1.807, 2.05) is 42.9 Å². The Morgan fingerprint density at radius 1 is 0.892 bits per heavy atom. The lowest BCUT2D eigenvalue weighted by Crippen LogP contribution is -2.52. The van der Waals surface area contributed by atoms with E-state index in [-0.39, 0.29) is 54.9 Å². The van der Waals surface area contributed by atoms with E-state index in [1.54, 1.807) is 11.0 Å². The molecule has 2 saturated heterocycles. The van der Waals surface area contributed by atoms with Gasteiger partial charge < -0.3 is 23.8 Å². The number of hydrogen-bond acceptors (Lipinski definition) is 8. The Morgan fingerprint density at radius 2 is 1.68 bits per heavy atom. The number of ether oxygens (including phenoxy) is 2. The molecule has 0 saturated carbocycles. The SMILES string of the molecule is Cc1nn(C)c(C)c1-c1c(Cl)ccc2c(CCCOc3cccc4cc(F)ccc34)c(C)n(CCN3CCN(C(=O)COc4cc5c(cc4F)C(=O)N(C4CCC(=O)NC4=O)C5)CC3)c12. The Balaban J connectivity index is 0.859. The van der Waals surface area contributed by atoms with Crippen molar-refractivity contribution >= 4 is 56.9 Å². The molecule has 3 aliphatic heterocycles. The first kappa shape index (κ1) is 43.9. The molecule has 16 heteroatoms. The predicted octanol–water partition coefficient (Wildman–Crippen LogP) is 7.05. The fraction of sp³-hybridized carbons (Fsp3) is 0.367. The summed E-state index contributed by atoms with van der Waals surface area (Å²) in [4.78, 5) is 55.9. The number of nitrogens with zero attached hydrogens (tertiary/aromatic N) is 6. The van der Waals surface area contributed by atoms with Crippen LogP contribution in [-0.2, 0) is 40.9 Å². The van der Waals surface area contributed by atoms with Crippen LogP contribution in [-0.4, -0.2) is 105 Å². The molecular formula is C49H50ClF2N7O6. The molecule has 0 radical (unpaired) electrons. The maximum atomic E-state index is 15.2. The van der Waals surface area contributed by atoms with Gasteiger partial charge in [0.25, 0.3) is 11.8 Å². The number of imide groups is 1. The van der Waals surface area contributed by atoms with Crippen molar-refractivity contribution in [1.82, 2.24) is 34.4 Å². The number of nitrogens with one attached hydrogen (secondary N) is 1. The fourth-order valence-electron chi connectivity index (χ4n) is 9.74. The molecule has 1 atom stereocenters. The number of rotatable bonds is 13. The minimum atomic E-state index is -0.824. The standard InChI is InChI=1S/C49H50ClF2N7O6/c1-28-45(30(3)55(4)54-28)46-38(50)13-12-36-34(8-6-22-64-41-9-5-7-31-23-33(51)10-11-35(31)41)29(2)58(47(36)46)21-18-56-16-19-57(20-17-56)44(61)27-65-42-24-32-26-59(49(63)37(32)25-39(42)52)40-14-15-43(60)53-48(40)62/h5,7,9-13,23-25,40H,6,8,14-22,26-27H2,1-4H3,(H,53,60,62). The largest absolute Gasteiger partial charge is 0.493 e. The van der Waals surface area contributed by atoms with Crippen molar-refractivity contribution in [1.29, 1.82) is 0 Å². The molecule has 2 aromatic heterocycles. The summed E-state index contributed by atoms with van der Waals surface area (Å²) in [5, 5.41) is 10.4. The second-order valence-electron chi connectivity index (χ2n) is 17.1. The van der Waals surface area contributed by atoms with Gasteiger partial charge in [0.15, 0.2) is 18.2 Å². The first-order valence-electron chi connectivity index (χ1n) is 22.0. The summed E-state index contributed by atoms with van der Waals surface area (Å²) in [7, 11) is 1.94. The van der Waals surface area contributed by atoms with E-state index in [0.29, 0.717) is 49.9 Å². The molecule has 338 valence electrons. The number of piperidine rings is 1. The number of fused-ring (bicyclic) bond motifs is 3. The zero-order valence-corrected chi connectivity index (χ0v) is 37.6. The quantitative estimate of drug-likeness (QED) is 0.0965. The van der Waals surface area contributed by atoms with Gasteiger partial charge in [-0.25, -0.2) is 8.78 Å². The monoisotopic (exact) mass is 905 g/mol. The number of piperazine rings is 1. The van der Waals surface area contributed by atoms with Gasteiger partial charge in [-0.05, 0) is 99.0 Å². The van der Waals surface area contributed by atoms with E-state index in [1.165, 1.54) is 28.7 Å². The number of benzene rings is 4. The van der Waals surface area contributed by atoms with Gasteiger partial charge in [0.05, 0.1) is 22.8 Å². The van der Waals surface area contributed by atoms with Gasteiger partial charge >= 0.3 is 0 Å². The highest BCUT2D eigenvalue weighted by Crippen LogP contribution is 2.42. The maximum Gasteiger partial charge on any atom is 0.260 e. The van der Waals surface area contributed by atoms with Crippen molar-refractivity contribution in [2.45, 2.75) is 65.6 Å². The van der Waals surface area contributed by atoms with Gasteiger partial charge in [-0.3, -0.25) is 34.1 Å². The average Bonchev–Trinajstić information content (AvgIpc) is 3.84. The van der Waals surface area contributed by atoms with Crippen LogP contribution in [0, 0.1) is 32.4 Å². The van der Waals surface area contributed by atoms with Gasteiger partial charge in [-0.2, -0.15) is 5.10 Å². The molecule has 1 unspecified atom stereocenters. The smallest absolute Gasteiger partial charge is 0.260 e. The third-order valence-corrected chi connectivity index (χ3v) is 13.6. The maximum absolute atomic E-state index is 15.2. The lowest BCUT2D eigenvalue weighted by Gasteiger charge is -2.35. The lowest BCUT2D eigenvalue weighted by atomic mass is 9.98. The molecule has 4 aromatic carbocycles.